The molecule has 0 spiro atoms. The number of nitrogens with one attached hydrogen (secondary N) is 1. The largest absolute Gasteiger partial charge is 0.478 e. The van der Waals surface area contributed by atoms with Crippen LogP contribution in [0.4, 0.5) is 0 Å². The van der Waals surface area contributed by atoms with Crippen molar-refractivity contribution in [2.45, 2.75) is 112 Å². The molecule has 1 rings (SSSR count). The molecule has 0 aromatic carbocycles. The van der Waals surface area contributed by atoms with Crippen molar-refractivity contribution in [3.05, 3.63) is 11.6 Å². The van der Waals surface area contributed by atoms with Gasteiger partial charge in [-0.2, -0.15) is 0 Å². The van der Waals surface area contributed by atoms with E-state index < -0.39 is 11.4 Å². The van der Waals surface area contributed by atoms with Crippen molar-refractivity contribution in [1.29, 1.82) is 0 Å². The molecule has 6 nitrogen and oxygen atoms in total. The second-order valence-electron chi connectivity index (χ2n) is 10.0. The molecule has 0 aromatic heterocycles. The van der Waals surface area contributed by atoms with Gasteiger partial charge in [0.25, 0.3) is 0 Å². The summed E-state index contributed by atoms with van der Waals surface area (Å²) >= 11 is 0. The lowest BCUT2D eigenvalue weighted by atomic mass is 9.74. The van der Waals surface area contributed by atoms with E-state index in [-0.39, 0.29) is 35.9 Å². The topological polar surface area (TPSA) is 86.7 Å². The molecule has 6 heteroatoms. The molecule has 192 valence electrons. The van der Waals surface area contributed by atoms with E-state index in [2.05, 4.69) is 19.2 Å². The van der Waals surface area contributed by atoms with Gasteiger partial charge in [-0.1, -0.05) is 86.1 Å². The summed E-state index contributed by atoms with van der Waals surface area (Å²) < 4.78 is 0. The van der Waals surface area contributed by atoms with Gasteiger partial charge < -0.3 is 15.3 Å². The SMILES string of the molecule is C1CCCC1.CCC(C)CC(CC)(CC)C(=O)NCC(=O)N(C)[C@H](/C=C(\C)C(=O)O)C(C)C. The van der Waals surface area contributed by atoms with Gasteiger partial charge >= 0.3 is 5.97 Å². The van der Waals surface area contributed by atoms with Crippen molar-refractivity contribution >= 4 is 17.8 Å². The molecule has 2 atom stereocenters. The van der Waals surface area contributed by atoms with E-state index in [1.165, 1.54) is 43.9 Å². The Morgan fingerprint density at radius 2 is 1.48 bits per heavy atom. The normalized spacial score (nSPS) is 16.0. The zero-order valence-corrected chi connectivity index (χ0v) is 22.5. The van der Waals surface area contributed by atoms with E-state index in [4.69, 9.17) is 5.11 Å². The molecule has 1 saturated carbocycles. The first-order valence-electron chi connectivity index (χ1n) is 12.9. The zero-order valence-electron chi connectivity index (χ0n) is 22.5. The van der Waals surface area contributed by atoms with Crippen molar-refractivity contribution in [2.75, 3.05) is 13.6 Å². The zero-order chi connectivity index (χ0) is 25.6. The van der Waals surface area contributed by atoms with Gasteiger partial charge in [-0.3, -0.25) is 9.59 Å². The third kappa shape index (κ3) is 10.7. The molecule has 2 N–H and O–H groups in total. The van der Waals surface area contributed by atoms with E-state index >= 15 is 0 Å². The Kier molecular flexibility index (Phi) is 15.0. The van der Waals surface area contributed by atoms with Gasteiger partial charge in [-0.25, -0.2) is 4.79 Å². The van der Waals surface area contributed by atoms with E-state index in [0.29, 0.717) is 5.92 Å². The van der Waals surface area contributed by atoms with Crippen LogP contribution in [0.5, 0.6) is 0 Å². The van der Waals surface area contributed by atoms with Crippen molar-refractivity contribution < 1.29 is 19.5 Å². The Balaban J connectivity index is 0.00000179. The molecular weight excluding hydrogens is 416 g/mol. The molecular formula is C27H50N2O4. The number of carbonyl (C=O) groups is 3. The standard InChI is InChI=1S/C22H40N2O4.C5H10/c1-9-16(6)13-22(10-2,11-3)21(28)23-14-19(25)24(8)18(15(4)5)12-17(7)20(26)27;1-2-4-5-3-1/h12,15-16,18H,9-11,13-14H2,1-8H3,(H,23,28)(H,26,27);1-5H2/b17-12+;/t16?,18-;/m1./s1. The summed E-state index contributed by atoms with van der Waals surface area (Å²) in [7, 11) is 1.65. The number of aliphatic carboxylic acids is 1. The third-order valence-corrected chi connectivity index (χ3v) is 7.20. The minimum atomic E-state index is -1.000. The second-order valence-corrected chi connectivity index (χ2v) is 10.0. The van der Waals surface area contributed by atoms with E-state index in [9.17, 15) is 14.4 Å². The number of hydrogen-bond donors (Lipinski definition) is 2. The molecule has 1 fully saturated rings. The van der Waals surface area contributed by atoms with Crippen LogP contribution in [0.2, 0.25) is 0 Å². The molecule has 0 bridgehead atoms. The summed E-state index contributed by atoms with van der Waals surface area (Å²) in [5, 5.41) is 12.0. The van der Waals surface area contributed by atoms with Crippen LogP contribution in [0.25, 0.3) is 0 Å². The molecule has 0 radical (unpaired) electrons. The Morgan fingerprint density at radius 3 is 1.85 bits per heavy atom. The fraction of sp³-hybridized carbons (Fsp3) is 0.815. The minimum Gasteiger partial charge on any atom is -0.478 e. The lowest BCUT2D eigenvalue weighted by molar-refractivity contribution is -0.137. The molecule has 0 aliphatic heterocycles. The number of likely N-dealkylation sites (N-methyl/N-ethyl adjacent to an activating group) is 1. The summed E-state index contributed by atoms with van der Waals surface area (Å²) in [6.45, 7) is 13.6. The maximum Gasteiger partial charge on any atom is 0.331 e. The fourth-order valence-corrected chi connectivity index (χ4v) is 4.36. The van der Waals surface area contributed by atoms with Crippen LogP contribution in [-0.4, -0.2) is 47.4 Å². The van der Waals surface area contributed by atoms with Crippen LogP contribution in [-0.2, 0) is 14.4 Å². The lowest BCUT2D eigenvalue weighted by Crippen LogP contribution is -2.48. The predicted octanol–water partition coefficient (Wildman–Crippen LogP) is 5.81. The van der Waals surface area contributed by atoms with Gasteiger partial charge in [0.1, 0.15) is 0 Å². The van der Waals surface area contributed by atoms with E-state index in [1.807, 2.05) is 27.7 Å². The summed E-state index contributed by atoms with van der Waals surface area (Å²) in [6, 6.07) is -0.345. The molecule has 0 saturated heterocycles. The van der Waals surface area contributed by atoms with Gasteiger partial charge in [0.15, 0.2) is 0 Å². The smallest absolute Gasteiger partial charge is 0.331 e. The average Bonchev–Trinajstić information content (AvgIpc) is 3.38. The van der Waals surface area contributed by atoms with E-state index in [0.717, 1.165) is 25.7 Å². The Hall–Kier alpha value is -1.85. The van der Waals surface area contributed by atoms with Crippen molar-refractivity contribution in [3.8, 4) is 0 Å². The molecule has 33 heavy (non-hydrogen) atoms. The monoisotopic (exact) mass is 466 g/mol. The summed E-state index contributed by atoms with van der Waals surface area (Å²) in [6.07, 6.45) is 12.4. The summed E-state index contributed by atoms with van der Waals surface area (Å²) in [4.78, 5) is 38.2. The van der Waals surface area contributed by atoms with Crippen molar-refractivity contribution in [2.24, 2.45) is 17.3 Å². The summed E-state index contributed by atoms with van der Waals surface area (Å²) in [5.41, 5.74) is -0.252. The number of amides is 2. The highest BCUT2D eigenvalue weighted by Gasteiger charge is 2.36. The Bertz CT molecular complexity index is 626. The van der Waals surface area contributed by atoms with Gasteiger partial charge in [0.05, 0.1) is 12.6 Å². The predicted molar refractivity (Wildman–Crippen MR) is 136 cm³/mol. The van der Waals surface area contributed by atoms with Crippen LogP contribution < -0.4 is 5.32 Å². The quantitative estimate of drug-likeness (QED) is 0.355. The van der Waals surface area contributed by atoms with Gasteiger partial charge in [-0.05, 0) is 38.0 Å². The number of carbonyl (C=O) groups excluding carboxylic acids is 2. The first-order chi connectivity index (χ1) is 15.4. The number of rotatable bonds is 12. The van der Waals surface area contributed by atoms with Crippen LogP contribution in [0.3, 0.4) is 0 Å². The van der Waals surface area contributed by atoms with Crippen molar-refractivity contribution in [3.63, 3.8) is 0 Å². The highest BCUT2D eigenvalue weighted by Crippen LogP contribution is 2.35. The summed E-state index contributed by atoms with van der Waals surface area (Å²) in [5.74, 6) is -0.808. The molecule has 2 amide bonds. The fourth-order valence-electron chi connectivity index (χ4n) is 4.36. The molecule has 1 aliphatic rings. The van der Waals surface area contributed by atoms with Gasteiger partial charge in [0.2, 0.25) is 11.8 Å². The minimum absolute atomic E-state index is 0.0507. The van der Waals surface area contributed by atoms with Gasteiger partial charge in [-0.15, -0.1) is 0 Å². The highest BCUT2D eigenvalue weighted by molar-refractivity contribution is 5.88. The second kappa shape index (κ2) is 15.9. The average molecular weight is 467 g/mol. The van der Waals surface area contributed by atoms with E-state index in [1.54, 1.807) is 13.1 Å². The number of carboxylic acids is 1. The first kappa shape index (κ1) is 31.1. The van der Waals surface area contributed by atoms with Crippen LogP contribution in [0.15, 0.2) is 11.6 Å². The maximum absolute atomic E-state index is 12.9. The Labute approximate surface area is 202 Å². The highest BCUT2D eigenvalue weighted by atomic mass is 16.4. The number of nitrogens with zero attached hydrogens (tertiary/aromatic N) is 1. The van der Waals surface area contributed by atoms with Crippen molar-refractivity contribution in [1.82, 2.24) is 10.2 Å². The maximum atomic E-state index is 12.9. The van der Waals surface area contributed by atoms with Gasteiger partial charge in [0, 0.05) is 18.0 Å². The Morgan fingerprint density at radius 1 is 1.00 bits per heavy atom. The number of carboxylic acid groups (broad SMARTS) is 1. The van der Waals surface area contributed by atoms with Crippen LogP contribution >= 0.6 is 0 Å². The molecule has 1 aliphatic carbocycles. The van der Waals surface area contributed by atoms with Crippen LogP contribution in [0.1, 0.15) is 106 Å². The molecule has 0 aromatic rings. The molecule has 0 heterocycles. The number of hydrogen-bond acceptors (Lipinski definition) is 3. The van der Waals surface area contributed by atoms with Crippen LogP contribution in [0, 0.1) is 17.3 Å². The third-order valence-electron chi connectivity index (χ3n) is 7.20. The first-order valence-corrected chi connectivity index (χ1v) is 12.9. The molecule has 1 unspecified atom stereocenters. The lowest BCUT2D eigenvalue weighted by Gasteiger charge is -2.33.